The monoisotopic (exact) mass is 222 g/mol. The molecule has 1 aliphatic rings. The molecule has 86 valence electrons. The molecule has 0 aliphatic heterocycles. The molecule has 0 atom stereocenters. The van der Waals surface area contributed by atoms with Crippen LogP contribution in [0.2, 0.25) is 0 Å². The normalized spacial score (nSPS) is 14.6. The van der Waals surface area contributed by atoms with E-state index in [1.807, 2.05) is 0 Å². The van der Waals surface area contributed by atoms with Gasteiger partial charge in [0.25, 0.3) is 0 Å². The van der Waals surface area contributed by atoms with E-state index in [9.17, 15) is 9.18 Å². The topological polar surface area (TPSA) is 41.1 Å². The summed E-state index contributed by atoms with van der Waals surface area (Å²) in [5.74, 6) is -0.253. The summed E-state index contributed by atoms with van der Waals surface area (Å²) < 4.78 is 13.2. The molecule has 1 saturated carbocycles. The van der Waals surface area contributed by atoms with Gasteiger partial charge in [-0.1, -0.05) is 12.1 Å². The SMILES string of the molecule is O=C(CCNc1ccccc1F)NC1CC1. The number of rotatable bonds is 5. The van der Waals surface area contributed by atoms with Gasteiger partial charge in [0.15, 0.2) is 0 Å². The van der Waals surface area contributed by atoms with Gasteiger partial charge in [0, 0.05) is 19.0 Å². The number of hydrogen-bond donors (Lipinski definition) is 2. The van der Waals surface area contributed by atoms with Gasteiger partial charge >= 0.3 is 0 Å². The van der Waals surface area contributed by atoms with Crippen LogP contribution in [-0.4, -0.2) is 18.5 Å². The van der Waals surface area contributed by atoms with Crippen molar-refractivity contribution in [1.29, 1.82) is 0 Å². The maximum atomic E-state index is 13.2. The molecule has 1 aromatic carbocycles. The minimum Gasteiger partial charge on any atom is -0.382 e. The summed E-state index contributed by atoms with van der Waals surface area (Å²) in [6.07, 6.45) is 2.56. The predicted molar refractivity (Wildman–Crippen MR) is 60.7 cm³/mol. The van der Waals surface area contributed by atoms with Crippen LogP contribution in [0.4, 0.5) is 10.1 Å². The van der Waals surface area contributed by atoms with E-state index in [-0.39, 0.29) is 11.7 Å². The van der Waals surface area contributed by atoms with Gasteiger partial charge in [-0.3, -0.25) is 4.79 Å². The standard InChI is InChI=1S/C12H15FN2O/c13-10-3-1-2-4-11(10)14-8-7-12(16)15-9-5-6-9/h1-4,9,14H,5-8H2,(H,15,16). The fourth-order valence-electron chi connectivity index (χ4n) is 1.44. The van der Waals surface area contributed by atoms with Gasteiger partial charge < -0.3 is 10.6 Å². The van der Waals surface area contributed by atoms with Gasteiger partial charge in [0.2, 0.25) is 5.91 Å². The molecule has 16 heavy (non-hydrogen) atoms. The van der Waals surface area contributed by atoms with Crippen molar-refractivity contribution in [3.8, 4) is 0 Å². The second-order valence-corrected chi connectivity index (χ2v) is 4.00. The molecule has 0 radical (unpaired) electrons. The van der Waals surface area contributed by atoms with E-state index in [0.29, 0.717) is 24.7 Å². The molecule has 1 aliphatic carbocycles. The first-order chi connectivity index (χ1) is 7.75. The van der Waals surface area contributed by atoms with E-state index in [2.05, 4.69) is 10.6 Å². The van der Waals surface area contributed by atoms with Gasteiger partial charge in [0.1, 0.15) is 5.82 Å². The van der Waals surface area contributed by atoms with E-state index < -0.39 is 0 Å². The first-order valence-electron chi connectivity index (χ1n) is 5.53. The number of carbonyl (C=O) groups is 1. The van der Waals surface area contributed by atoms with Crippen molar-refractivity contribution in [3.05, 3.63) is 30.1 Å². The Morgan fingerprint density at radius 2 is 2.12 bits per heavy atom. The molecule has 0 aromatic heterocycles. The number of amides is 1. The Hall–Kier alpha value is -1.58. The minimum absolute atomic E-state index is 0.0336. The second-order valence-electron chi connectivity index (χ2n) is 4.00. The van der Waals surface area contributed by atoms with Crippen molar-refractivity contribution in [2.24, 2.45) is 0 Å². The van der Waals surface area contributed by atoms with Crippen LogP contribution in [0.1, 0.15) is 19.3 Å². The van der Waals surface area contributed by atoms with Crippen molar-refractivity contribution in [1.82, 2.24) is 5.32 Å². The van der Waals surface area contributed by atoms with Crippen molar-refractivity contribution in [2.75, 3.05) is 11.9 Å². The molecular weight excluding hydrogens is 207 g/mol. The number of halogens is 1. The molecule has 1 amide bonds. The van der Waals surface area contributed by atoms with Crippen LogP contribution >= 0.6 is 0 Å². The van der Waals surface area contributed by atoms with E-state index in [1.165, 1.54) is 6.07 Å². The Bertz CT molecular complexity index is 377. The quantitative estimate of drug-likeness (QED) is 0.799. The lowest BCUT2D eigenvalue weighted by molar-refractivity contribution is -0.120. The Labute approximate surface area is 94.0 Å². The zero-order valence-corrected chi connectivity index (χ0v) is 9.00. The molecular formula is C12H15FN2O. The number of nitrogens with one attached hydrogen (secondary N) is 2. The third-order valence-corrected chi connectivity index (χ3v) is 2.48. The largest absolute Gasteiger partial charge is 0.382 e. The molecule has 3 nitrogen and oxygen atoms in total. The molecule has 4 heteroatoms. The average Bonchev–Trinajstić information content (AvgIpc) is 3.05. The summed E-state index contributed by atoms with van der Waals surface area (Å²) >= 11 is 0. The van der Waals surface area contributed by atoms with Gasteiger partial charge in [0.05, 0.1) is 5.69 Å². The Balaban J connectivity index is 1.70. The lowest BCUT2D eigenvalue weighted by Crippen LogP contribution is -2.27. The van der Waals surface area contributed by atoms with E-state index >= 15 is 0 Å². The molecule has 1 fully saturated rings. The van der Waals surface area contributed by atoms with Crippen molar-refractivity contribution < 1.29 is 9.18 Å². The van der Waals surface area contributed by atoms with E-state index in [4.69, 9.17) is 0 Å². The molecule has 1 aromatic rings. The first kappa shape index (κ1) is 10.9. The number of para-hydroxylation sites is 1. The van der Waals surface area contributed by atoms with Crippen LogP contribution in [-0.2, 0) is 4.79 Å². The van der Waals surface area contributed by atoms with Crippen molar-refractivity contribution in [2.45, 2.75) is 25.3 Å². The molecule has 0 unspecified atom stereocenters. The van der Waals surface area contributed by atoms with E-state index in [1.54, 1.807) is 18.2 Å². The highest BCUT2D eigenvalue weighted by Crippen LogP contribution is 2.18. The first-order valence-corrected chi connectivity index (χ1v) is 5.53. The van der Waals surface area contributed by atoms with Gasteiger partial charge in [-0.05, 0) is 25.0 Å². The molecule has 0 spiro atoms. The smallest absolute Gasteiger partial charge is 0.221 e. The summed E-state index contributed by atoms with van der Waals surface area (Å²) in [5, 5.41) is 5.78. The highest BCUT2D eigenvalue weighted by Gasteiger charge is 2.22. The van der Waals surface area contributed by atoms with Crippen LogP contribution in [0.15, 0.2) is 24.3 Å². The Morgan fingerprint density at radius 3 is 2.81 bits per heavy atom. The number of anilines is 1. The van der Waals surface area contributed by atoms with Gasteiger partial charge in [-0.25, -0.2) is 4.39 Å². The Morgan fingerprint density at radius 1 is 1.38 bits per heavy atom. The molecule has 0 heterocycles. The second kappa shape index (κ2) is 4.96. The summed E-state index contributed by atoms with van der Waals surface area (Å²) in [5.41, 5.74) is 0.446. The summed E-state index contributed by atoms with van der Waals surface area (Å²) in [7, 11) is 0. The zero-order valence-electron chi connectivity index (χ0n) is 9.00. The third-order valence-electron chi connectivity index (χ3n) is 2.48. The maximum Gasteiger partial charge on any atom is 0.221 e. The predicted octanol–water partition coefficient (Wildman–Crippen LogP) is 1.91. The maximum absolute atomic E-state index is 13.2. The summed E-state index contributed by atoms with van der Waals surface area (Å²) in [4.78, 5) is 11.3. The van der Waals surface area contributed by atoms with Crippen LogP contribution in [0.25, 0.3) is 0 Å². The zero-order chi connectivity index (χ0) is 11.4. The fraction of sp³-hybridized carbons (Fsp3) is 0.417. The summed E-state index contributed by atoms with van der Waals surface area (Å²) in [6, 6.07) is 6.84. The molecule has 2 N–H and O–H groups in total. The number of hydrogen-bond acceptors (Lipinski definition) is 2. The average molecular weight is 222 g/mol. The lowest BCUT2D eigenvalue weighted by atomic mass is 10.3. The molecule has 0 bridgehead atoms. The highest BCUT2D eigenvalue weighted by molar-refractivity contribution is 5.77. The van der Waals surface area contributed by atoms with Gasteiger partial charge in [-0.15, -0.1) is 0 Å². The molecule has 0 saturated heterocycles. The van der Waals surface area contributed by atoms with Crippen LogP contribution in [0.3, 0.4) is 0 Å². The van der Waals surface area contributed by atoms with Crippen molar-refractivity contribution in [3.63, 3.8) is 0 Å². The van der Waals surface area contributed by atoms with Crippen molar-refractivity contribution >= 4 is 11.6 Å². The third kappa shape index (κ3) is 3.22. The number of benzene rings is 1. The number of carbonyl (C=O) groups excluding carboxylic acids is 1. The summed E-state index contributed by atoms with van der Waals surface area (Å²) in [6.45, 7) is 0.458. The molecule has 2 rings (SSSR count). The minimum atomic E-state index is -0.287. The highest BCUT2D eigenvalue weighted by atomic mass is 19.1. The van der Waals surface area contributed by atoms with E-state index in [0.717, 1.165) is 12.8 Å². The van der Waals surface area contributed by atoms with Crippen LogP contribution in [0.5, 0.6) is 0 Å². The lowest BCUT2D eigenvalue weighted by Gasteiger charge is -2.07. The fourth-order valence-corrected chi connectivity index (χ4v) is 1.44. The van der Waals surface area contributed by atoms with Gasteiger partial charge in [-0.2, -0.15) is 0 Å². The van der Waals surface area contributed by atoms with Crippen LogP contribution < -0.4 is 10.6 Å². The Kier molecular flexibility index (Phi) is 3.39. The van der Waals surface area contributed by atoms with Crippen LogP contribution in [0, 0.1) is 5.82 Å².